The van der Waals surface area contributed by atoms with Gasteiger partial charge in [-0.2, -0.15) is 4.31 Å². The normalized spacial score (nSPS) is 12.1. The highest BCUT2D eigenvalue weighted by Gasteiger charge is 2.24. The molecule has 0 unspecified atom stereocenters. The molecule has 0 aromatic heterocycles. The van der Waals surface area contributed by atoms with Crippen molar-refractivity contribution in [2.45, 2.75) is 25.3 Å². The summed E-state index contributed by atoms with van der Waals surface area (Å²) in [5, 5.41) is 2.84. The topological polar surface area (TPSA) is 58.6 Å². The summed E-state index contributed by atoms with van der Waals surface area (Å²) in [6.07, 6.45) is 0. The van der Waals surface area contributed by atoms with E-state index in [0.717, 1.165) is 0 Å². The second kappa shape index (κ2) is 7.84. The van der Waals surface area contributed by atoms with Gasteiger partial charge in [-0.3, -0.25) is 0 Å². The largest absolute Gasteiger partial charge is 0.383 e. The highest BCUT2D eigenvalue weighted by Crippen LogP contribution is 2.22. The van der Waals surface area contributed by atoms with Crippen LogP contribution in [0, 0.1) is 12.7 Å². The fraction of sp³-hybridized carbons (Fsp3) is 0.571. The number of nitrogens with zero attached hydrogens (tertiary/aromatic N) is 1. The van der Waals surface area contributed by atoms with Gasteiger partial charge in [0.2, 0.25) is 10.0 Å². The van der Waals surface area contributed by atoms with Crippen LogP contribution in [0.3, 0.4) is 0 Å². The summed E-state index contributed by atoms with van der Waals surface area (Å²) in [5.74, 6) is -0.372. The van der Waals surface area contributed by atoms with Crippen molar-refractivity contribution in [2.75, 3.05) is 33.9 Å². The fourth-order valence-corrected chi connectivity index (χ4v) is 3.64. The summed E-state index contributed by atoms with van der Waals surface area (Å²) < 4.78 is 45.5. The lowest BCUT2D eigenvalue weighted by Crippen LogP contribution is -2.34. The van der Waals surface area contributed by atoms with E-state index in [1.54, 1.807) is 20.9 Å². The molecule has 0 radical (unpaired) electrons. The van der Waals surface area contributed by atoms with Crippen molar-refractivity contribution < 1.29 is 17.5 Å². The molecule has 0 aliphatic heterocycles. The minimum Gasteiger partial charge on any atom is -0.383 e. The number of ether oxygens (including phenoxy) is 1. The summed E-state index contributed by atoms with van der Waals surface area (Å²) in [4.78, 5) is 0.115. The van der Waals surface area contributed by atoms with Crippen LogP contribution in [0.5, 0.6) is 0 Å². The molecule has 0 aliphatic rings. The molecule has 0 spiro atoms. The monoisotopic (exact) mass is 318 g/mol. The van der Waals surface area contributed by atoms with Crippen LogP contribution in [0.4, 0.5) is 4.39 Å². The first-order valence-corrected chi connectivity index (χ1v) is 8.25. The molecule has 7 heteroatoms. The molecule has 0 saturated heterocycles. The van der Waals surface area contributed by atoms with E-state index < -0.39 is 10.0 Å². The number of sulfonamides is 1. The molecular formula is C14H23FN2O3S. The van der Waals surface area contributed by atoms with Crippen molar-refractivity contribution in [3.8, 4) is 0 Å². The number of hydrogen-bond donors (Lipinski definition) is 1. The van der Waals surface area contributed by atoms with Gasteiger partial charge >= 0.3 is 0 Å². The van der Waals surface area contributed by atoms with Crippen molar-refractivity contribution in [3.63, 3.8) is 0 Å². The molecule has 1 aromatic carbocycles. The highest BCUT2D eigenvalue weighted by atomic mass is 32.2. The first-order chi connectivity index (χ1) is 9.88. The summed E-state index contributed by atoms with van der Waals surface area (Å²) >= 11 is 0. The maximum Gasteiger partial charge on any atom is 0.243 e. The lowest BCUT2D eigenvalue weighted by Gasteiger charge is -2.21. The number of halogens is 1. The van der Waals surface area contributed by atoms with Gasteiger partial charge < -0.3 is 10.1 Å². The summed E-state index contributed by atoms with van der Waals surface area (Å²) in [5.41, 5.74) is 0.669. The molecule has 5 nitrogen and oxygen atoms in total. The van der Waals surface area contributed by atoms with E-state index >= 15 is 0 Å². The Kier molecular flexibility index (Phi) is 6.73. The number of nitrogens with one attached hydrogen (secondary N) is 1. The Bertz CT molecular complexity index is 576. The van der Waals surface area contributed by atoms with Crippen LogP contribution < -0.4 is 5.32 Å². The number of methoxy groups -OCH3 is 1. The summed E-state index contributed by atoms with van der Waals surface area (Å²) in [7, 11) is -0.436. The quantitative estimate of drug-likeness (QED) is 0.789. The van der Waals surface area contributed by atoms with E-state index in [2.05, 4.69) is 5.32 Å². The van der Waals surface area contributed by atoms with Crippen molar-refractivity contribution in [1.82, 2.24) is 9.62 Å². The molecule has 120 valence electrons. The average molecular weight is 318 g/mol. The molecule has 1 rings (SSSR count). The molecule has 21 heavy (non-hydrogen) atoms. The molecule has 0 aliphatic carbocycles. The maximum absolute atomic E-state index is 14.0. The Morgan fingerprint density at radius 1 is 1.38 bits per heavy atom. The zero-order valence-corrected chi connectivity index (χ0v) is 13.8. The van der Waals surface area contributed by atoms with Crippen LogP contribution in [0.15, 0.2) is 17.0 Å². The first kappa shape index (κ1) is 18.0. The Morgan fingerprint density at radius 2 is 2.05 bits per heavy atom. The molecule has 0 amide bonds. The number of aryl methyl sites for hydroxylation is 1. The minimum absolute atomic E-state index is 0.115. The Labute approximate surface area is 126 Å². The number of likely N-dealkylation sites (N-methyl/N-ethyl adjacent to an activating group) is 1. The minimum atomic E-state index is -3.64. The Balaban J connectivity index is 3.23. The van der Waals surface area contributed by atoms with Gasteiger partial charge in [0.25, 0.3) is 0 Å². The predicted octanol–water partition coefficient (Wildman–Crippen LogP) is 1.51. The fourth-order valence-electron chi connectivity index (χ4n) is 2.07. The van der Waals surface area contributed by atoms with Gasteiger partial charge in [-0.05, 0) is 31.7 Å². The van der Waals surface area contributed by atoms with E-state index in [9.17, 15) is 12.8 Å². The molecule has 1 aromatic rings. The standard InChI is InChI=1S/C14H23FN2O3S/c1-5-17(6-7-20-4)21(18,19)13-8-11(2)14(15)12(9-13)10-16-3/h8-9,16H,5-7,10H2,1-4H3. The third-order valence-electron chi connectivity index (χ3n) is 3.21. The third-order valence-corrected chi connectivity index (χ3v) is 5.16. The molecule has 0 fully saturated rings. The van der Waals surface area contributed by atoms with E-state index in [0.29, 0.717) is 24.3 Å². The van der Waals surface area contributed by atoms with Gasteiger partial charge in [-0.1, -0.05) is 6.92 Å². The van der Waals surface area contributed by atoms with Crippen molar-refractivity contribution in [2.24, 2.45) is 0 Å². The number of benzene rings is 1. The van der Waals surface area contributed by atoms with Crippen LogP contribution in [0.2, 0.25) is 0 Å². The lowest BCUT2D eigenvalue weighted by molar-refractivity contribution is 0.180. The van der Waals surface area contributed by atoms with Gasteiger partial charge in [0.05, 0.1) is 11.5 Å². The van der Waals surface area contributed by atoms with E-state index in [1.807, 2.05) is 0 Å². The van der Waals surface area contributed by atoms with Crippen LogP contribution in [-0.2, 0) is 21.3 Å². The number of hydrogen-bond acceptors (Lipinski definition) is 4. The average Bonchev–Trinajstić information content (AvgIpc) is 2.44. The SMILES string of the molecule is CCN(CCOC)S(=O)(=O)c1cc(C)c(F)c(CNC)c1. The van der Waals surface area contributed by atoms with Gasteiger partial charge in [0.1, 0.15) is 5.82 Å². The number of rotatable bonds is 8. The van der Waals surface area contributed by atoms with Gasteiger partial charge in [-0.25, -0.2) is 12.8 Å². The van der Waals surface area contributed by atoms with E-state index in [4.69, 9.17) is 4.74 Å². The van der Waals surface area contributed by atoms with Crippen molar-refractivity contribution in [1.29, 1.82) is 0 Å². The molecule has 0 atom stereocenters. The Hall–Kier alpha value is -1.02. The second-order valence-corrected chi connectivity index (χ2v) is 6.67. The van der Waals surface area contributed by atoms with Gasteiger partial charge in [-0.15, -0.1) is 0 Å². The van der Waals surface area contributed by atoms with Crippen LogP contribution >= 0.6 is 0 Å². The second-order valence-electron chi connectivity index (χ2n) is 4.73. The zero-order valence-electron chi connectivity index (χ0n) is 12.9. The molecule has 0 heterocycles. The van der Waals surface area contributed by atoms with Crippen LogP contribution in [-0.4, -0.2) is 46.6 Å². The smallest absolute Gasteiger partial charge is 0.243 e. The lowest BCUT2D eigenvalue weighted by atomic mass is 10.1. The van der Waals surface area contributed by atoms with E-state index in [-0.39, 0.29) is 23.8 Å². The van der Waals surface area contributed by atoms with Crippen molar-refractivity contribution >= 4 is 10.0 Å². The molecule has 1 N–H and O–H groups in total. The van der Waals surface area contributed by atoms with Crippen LogP contribution in [0.1, 0.15) is 18.1 Å². The molecule has 0 bridgehead atoms. The highest BCUT2D eigenvalue weighted by molar-refractivity contribution is 7.89. The maximum atomic E-state index is 14.0. The Morgan fingerprint density at radius 3 is 2.57 bits per heavy atom. The van der Waals surface area contributed by atoms with Gasteiger partial charge in [0, 0.05) is 32.3 Å². The van der Waals surface area contributed by atoms with Gasteiger partial charge in [0.15, 0.2) is 0 Å². The van der Waals surface area contributed by atoms with Crippen LogP contribution in [0.25, 0.3) is 0 Å². The molecular weight excluding hydrogens is 295 g/mol. The molecule has 0 saturated carbocycles. The third kappa shape index (κ3) is 4.23. The summed E-state index contributed by atoms with van der Waals surface area (Å²) in [6.45, 7) is 4.53. The predicted molar refractivity (Wildman–Crippen MR) is 80.2 cm³/mol. The van der Waals surface area contributed by atoms with Crippen molar-refractivity contribution in [3.05, 3.63) is 29.1 Å². The zero-order chi connectivity index (χ0) is 16.0. The first-order valence-electron chi connectivity index (χ1n) is 6.81. The summed E-state index contributed by atoms with van der Waals surface area (Å²) in [6, 6.07) is 2.77. The van der Waals surface area contributed by atoms with E-state index in [1.165, 1.54) is 23.5 Å².